The third-order valence-electron chi connectivity index (χ3n) is 2.57. The fourth-order valence-corrected chi connectivity index (χ4v) is 2.00. The molecule has 1 N–H and O–H groups in total. The summed E-state index contributed by atoms with van der Waals surface area (Å²) in [5, 5.41) is 3.02. The number of nitrogens with one attached hydrogen (secondary N) is 1. The predicted octanol–water partition coefficient (Wildman–Crippen LogP) is 2.72. The highest BCUT2D eigenvalue weighted by molar-refractivity contribution is 6.31. The Morgan fingerprint density at radius 3 is 2.50 bits per heavy atom. The van der Waals surface area contributed by atoms with E-state index in [9.17, 15) is 8.78 Å². The van der Waals surface area contributed by atoms with Crippen LogP contribution in [0, 0.1) is 11.6 Å². The lowest BCUT2D eigenvalue weighted by Gasteiger charge is -2.18. The van der Waals surface area contributed by atoms with Gasteiger partial charge in [-0.3, -0.25) is 0 Å². The summed E-state index contributed by atoms with van der Waals surface area (Å²) in [7, 11) is 1.62. The number of aromatic nitrogens is 2. The molecular weight excluding hydrogens is 260 g/mol. The molecule has 94 valence electrons. The summed E-state index contributed by atoms with van der Waals surface area (Å²) >= 11 is 5.94. The van der Waals surface area contributed by atoms with Gasteiger partial charge in [0.1, 0.15) is 6.33 Å². The standard InChI is InChI=1S/C12H10ClF2N3/c1-16-12(7-4-17-6-18-5-7)10-8(13)2-3-9(14)11(10)15/h2-6,12,16H,1H3. The molecule has 2 aromatic rings. The lowest BCUT2D eigenvalue weighted by molar-refractivity contribution is 0.487. The molecule has 0 amide bonds. The van der Waals surface area contributed by atoms with E-state index in [0.29, 0.717) is 5.56 Å². The molecule has 0 bridgehead atoms. The zero-order valence-corrected chi connectivity index (χ0v) is 10.2. The molecule has 1 aromatic heterocycles. The molecule has 2 rings (SSSR count). The zero-order valence-electron chi connectivity index (χ0n) is 9.49. The Morgan fingerprint density at radius 2 is 1.89 bits per heavy atom. The van der Waals surface area contributed by atoms with Crippen LogP contribution in [0.4, 0.5) is 8.78 Å². The fourth-order valence-electron chi connectivity index (χ4n) is 1.74. The molecule has 0 spiro atoms. The van der Waals surface area contributed by atoms with E-state index >= 15 is 0 Å². The molecule has 0 radical (unpaired) electrons. The highest BCUT2D eigenvalue weighted by Gasteiger charge is 2.22. The first-order valence-electron chi connectivity index (χ1n) is 5.20. The molecule has 0 aliphatic rings. The summed E-state index contributed by atoms with van der Waals surface area (Å²) in [6.45, 7) is 0. The van der Waals surface area contributed by atoms with E-state index in [1.54, 1.807) is 7.05 Å². The quantitative estimate of drug-likeness (QED) is 0.871. The lowest BCUT2D eigenvalue weighted by atomic mass is 10.0. The van der Waals surface area contributed by atoms with Crippen LogP contribution in [0.25, 0.3) is 0 Å². The minimum Gasteiger partial charge on any atom is -0.309 e. The van der Waals surface area contributed by atoms with Crippen molar-refractivity contribution in [3.8, 4) is 0 Å². The van der Waals surface area contributed by atoms with Gasteiger partial charge in [0.25, 0.3) is 0 Å². The number of rotatable bonds is 3. The smallest absolute Gasteiger partial charge is 0.165 e. The summed E-state index contributed by atoms with van der Waals surface area (Å²) in [6.07, 6.45) is 4.41. The van der Waals surface area contributed by atoms with Crippen molar-refractivity contribution >= 4 is 11.6 Å². The molecule has 0 saturated heterocycles. The van der Waals surface area contributed by atoms with Crippen molar-refractivity contribution in [3.05, 3.63) is 58.6 Å². The van der Waals surface area contributed by atoms with Crippen molar-refractivity contribution in [3.63, 3.8) is 0 Å². The van der Waals surface area contributed by atoms with E-state index in [1.807, 2.05) is 0 Å². The highest BCUT2D eigenvalue weighted by atomic mass is 35.5. The van der Waals surface area contributed by atoms with E-state index in [1.165, 1.54) is 24.8 Å². The summed E-state index contributed by atoms with van der Waals surface area (Å²) in [6, 6.07) is 1.72. The number of hydrogen-bond donors (Lipinski definition) is 1. The summed E-state index contributed by atoms with van der Waals surface area (Å²) in [5.74, 6) is -1.91. The van der Waals surface area contributed by atoms with Crippen LogP contribution in [0.1, 0.15) is 17.2 Å². The third-order valence-corrected chi connectivity index (χ3v) is 2.90. The molecule has 0 aliphatic heterocycles. The maximum atomic E-state index is 13.8. The molecule has 1 atom stereocenters. The molecular formula is C12H10ClF2N3. The maximum Gasteiger partial charge on any atom is 0.165 e. The van der Waals surface area contributed by atoms with E-state index in [0.717, 1.165) is 6.07 Å². The van der Waals surface area contributed by atoms with E-state index in [2.05, 4.69) is 15.3 Å². The molecule has 0 saturated carbocycles. The minimum atomic E-state index is -0.967. The number of hydrogen-bond acceptors (Lipinski definition) is 3. The van der Waals surface area contributed by atoms with Gasteiger partial charge in [-0.25, -0.2) is 18.7 Å². The SMILES string of the molecule is CNC(c1cncnc1)c1c(Cl)ccc(F)c1F. The Balaban J connectivity index is 2.56. The molecule has 18 heavy (non-hydrogen) atoms. The van der Waals surface area contributed by atoms with Crippen LogP contribution in [0.5, 0.6) is 0 Å². The second kappa shape index (κ2) is 5.37. The average Bonchev–Trinajstić information content (AvgIpc) is 2.40. The first-order chi connectivity index (χ1) is 8.65. The van der Waals surface area contributed by atoms with Gasteiger partial charge in [0.15, 0.2) is 11.6 Å². The first-order valence-corrected chi connectivity index (χ1v) is 5.58. The van der Waals surface area contributed by atoms with Crippen molar-refractivity contribution in [1.82, 2.24) is 15.3 Å². The topological polar surface area (TPSA) is 37.8 Å². The highest BCUT2D eigenvalue weighted by Crippen LogP contribution is 2.31. The molecule has 1 heterocycles. The van der Waals surface area contributed by atoms with Crippen LogP contribution in [0.3, 0.4) is 0 Å². The molecule has 1 aromatic carbocycles. The van der Waals surface area contributed by atoms with Crippen molar-refractivity contribution in [1.29, 1.82) is 0 Å². The van der Waals surface area contributed by atoms with Crippen LogP contribution in [-0.4, -0.2) is 17.0 Å². The van der Waals surface area contributed by atoms with Crippen molar-refractivity contribution in [2.24, 2.45) is 0 Å². The van der Waals surface area contributed by atoms with Crippen LogP contribution in [0.15, 0.2) is 30.9 Å². The monoisotopic (exact) mass is 269 g/mol. The average molecular weight is 270 g/mol. The second-order valence-electron chi connectivity index (χ2n) is 3.65. The predicted molar refractivity (Wildman–Crippen MR) is 64.3 cm³/mol. The summed E-state index contributed by atoms with van der Waals surface area (Å²) < 4.78 is 27.1. The fraction of sp³-hybridized carbons (Fsp3) is 0.167. The second-order valence-corrected chi connectivity index (χ2v) is 4.06. The van der Waals surface area contributed by atoms with Gasteiger partial charge in [-0.2, -0.15) is 0 Å². The van der Waals surface area contributed by atoms with Gasteiger partial charge in [-0.1, -0.05) is 11.6 Å². The molecule has 1 unspecified atom stereocenters. The Hall–Kier alpha value is -1.59. The van der Waals surface area contributed by atoms with Crippen molar-refractivity contribution < 1.29 is 8.78 Å². The van der Waals surface area contributed by atoms with Gasteiger partial charge in [0, 0.05) is 28.5 Å². The Morgan fingerprint density at radius 1 is 1.22 bits per heavy atom. The van der Waals surface area contributed by atoms with Crippen LogP contribution >= 0.6 is 11.6 Å². The zero-order chi connectivity index (χ0) is 13.1. The lowest BCUT2D eigenvalue weighted by Crippen LogP contribution is -2.20. The van der Waals surface area contributed by atoms with Crippen molar-refractivity contribution in [2.75, 3.05) is 7.05 Å². The number of nitrogens with zero attached hydrogens (tertiary/aromatic N) is 2. The Bertz CT molecular complexity index is 549. The van der Waals surface area contributed by atoms with E-state index in [-0.39, 0.29) is 10.6 Å². The van der Waals surface area contributed by atoms with Gasteiger partial charge < -0.3 is 5.32 Å². The Kier molecular flexibility index (Phi) is 3.84. The minimum absolute atomic E-state index is 0.0500. The van der Waals surface area contributed by atoms with Crippen molar-refractivity contribution in [2.45, 2.75) is 6.04 Å². The number of benzene rings is 1. The molecule has 3 nitrogen and oxygen atoms in total. The van der Waals surface area contributed by atoms with Gasteiger partial charge in [0.05, 0.1) is 6.04 Å². The van der Waals surface area contributed by atoms with Gasteiger partial charge in [0.2, 0.25) is 0 Å². The van der Waals surface area contributed by atoms with Gasteiger partial charge >= 0.3 is 0 Å². The van der Waals surface area contributed by atoms with E-state index < -0.39 is 17.7 Å². The van der Waals surface area contributed by atoms with Crippen LogP contribution in [-0.2, 0) is 0 Å². The molecule has 0 fully saturated rings. The molecule has 6 heteroatoms. The van der Waals surface area contributed by atoms with E-state index in [4.69, 9.17) is 11.6 Å². The maximum absolute atomic E-state index is 13.8. The molecule has 0 aliphatic carbocycles. The van der Waals surface area contributed by atoms with Gasteiger partial charge in [-0.15, -0.1) is 0 Å². The first kappa shape index (κ1) is 12.9. The van der Waals surface area contributed by atoms with Crippen LogP contribution in [0.2, 0.25) is 5.02 Å². The summed E-state index contributed by atoms with van der Waals surface area (Å²) in [4.78, 5) is 7.70. The number of halogens is 3. The van der Waals surface area contributed by atoms with Crippen LogP contribution < -0.4 is 5.32 Å². The third kappa shape index (κ3) is 2.32. The largest absolute Gasteiger partial charge is 0.309 e. The summed E-state index contributed by atoms with van der Waals surface area (Å²) in [5.41, 5.74) is 0.653. The Labute approximate surface area is 108 Å². The normalized spacial score (nSPS) is 12.4. The van der Waals surface area contributed by atoms with Gasteiger partial charge in [-0.05, 0) is 19.2 Å².